The number of rotatable bonds is 4. The van der Waals surface area contributed by atoms with Gasteiger partial charge in [-0.25, -0.2) is 4.99 Å². The maximum absolute atomic E-state index is 11.9. The molecule has 2 rings (SSSR count). The maximum Gasteiger partial charge on any atom is 0.243 e. The van der Waals surface area contributed by atoms with Crippen molar-refractivity contribution >= 4 is 47.6 Å². The molecule has 0 aromatic carbocycles. The number of amides is 1. The van der Waals surface area contributed by atoms with Crippen LogP contribution in [0, 0.1) is 5.92 Å². The first-order valence-corrected chi connectivity index (χ1v) is 9.31. The van der Waals surface area contributed by atoms with Gasteiger partial charge in [-0.2, -0.15) is 11.8 Å². The lowest BCUT2D eigenvalue weighted by Gasteiger charge is -2.39. The topological polar surface area (TPSA) is 57.2 Å². The van der Waals surface area contributed by atoms with E-state index in [0.717, 1.165) is 51.0 Å². The van der Waals surface area contributed by atoms with E-state index in [0.29, 0.717) is 5.92 Å². The predicted octanol–water partition coefficient (Wildman–Crippen LogP) is 1.50. The molecule has 8 heteroatoms. The molecule has 24 heavy (non-hydrogen) atoms. The lowest BCUT2D eigenvalue weighted by molar-refractivity contribution is -0.127. The Morgan fingerprint density at radius 3 is 2.79 bits per heavy atom. The first-order valence-electron chi connectivity index (χ1n) is 8.32. The first-order chi connectivity index (χ1) is 10.9. The van der Waals surface area contributed by atoms with Crippen LogP contribution in [0.3, 0.4) is 0 Å². The van der Waals surface area contributed by atoms with Crippen molar-refractivity contribution in [3.63, 3.8) is 0 Å². The van der Waals surface area contributed by atoms with Gasteiger partial charge in [0.05, 0.1) is 6.61 Å². The van der Waals surface area contributed by atoms with Crippen molar-refractivity contribution in [3.8, 4) is 0 Å². The van der Waals surface area contributed by atoms with E-state index in [1.54, 1.807) is 19.0 Å². The number of carbonyl (C=O) groups excluding carboxylic acids is 1. The number of thioether (sulfide) groups is 1. The lowest BCUT2D eigenvalue weighted by atomic mass is 10.1. The van der Waals surface area contributed by atoms with E-state index >= 15 is 0 Å². The third-order valence-electron chi connectivity index (χ3n) is 4.16. The number of hydrogen-bond acceptors (Lipinski definition) is 4. The molecule has 2 fully saturated rings. The second-order valence-electron chi connectivity index (χ2n) is 7.07. The Morgan fingerprint density at radius 2 is 2.21 bits per heavy atom. The highest BCUT2D eigenvalue weighted by Crippen LogP contribution is 2.29. The summed E-state index contributed by atoms with van der Waals surface area (Å²) in [4.78, 5) is 20.3. The van der Waals surface area contributed by atoms with Crippen molar-refractivity contribution in [1.82, 2.24) is 15.1 Å². The largest absolute Gasteiger partial charge is 0.381 e. The van der Waals surface area contributed by atoms with Gasteiger partial charge < -0.3 is 19.9 Å². The molecule has 0 bridgehead atoms. The van der Waals surface area contributed by atoms with E-state index in [1.165, 1.54) is 0 Å². The number of hydrogen-bond donors (Lipinski definition) is 1. The zero-order chi connectivity index (χ0) is 16.9. The summed E-state index contributed by atoms with van der Waals surface area (Å²) in [7, 11) is 3.53. The molecular formula is C16H31IN4O2S. The van der Waals surface area contributed by atoms with Gasteiger partial charge in [-0.3, -0.25) is 4.79 Å². The number of nitrogens with one attached hydrogen (secondary N) is 1. The molecule has 1 amide bonds. The number of guanidine groups is 1. The number of carbonyl (C=O) groups is 1. The minimum atomic E-state index is 0. The summed E-state index contributed by atoms with van der Waals surface area (Å²) in [5, 5.41) is 3.48. The zero-order valence-electron chi connectivity index (χ0n) is 15.2. The SMILES string of the molecule is CN(C)C(=O)CN=C(NCC1CCOC1)N1CCSC(C)(C)C1.I. The summed E-state index contributed by atoms with van der Waals surface area (Å²) < 4.78 is 5.65. The molecule has 140 valence electrons. The summed E-state index contributed by atoms with van der Waals surface area (Å²) in [6, 6.07) is 0. The average molecular weight is 470 g/mol. The average Bonchev–Trinajstić information content (AvgIpc) is 2.99. The second kappa shape index (κ2) is 10.1. The number of halogens is 1. The van der Waals surface area contributed by atoms with Crippen LogP contribution in [0.4, 0.5) is 0 Å². The highest BCUT2D eigenvalue weighted by Gasteiger charge is 2.29. The minimum Gasteiger partial charge on any atom is -0.381 e. The van der Waals surface area contributed by atoms with Gasteiger partial charge in [0.25, 0.3) is 0 Å². The minimum absolute atomic E-state index is 0. The Morgan fingerprint density at radius 1 is 1.46 bits per heavy atom. The fourth-order valence-electron chi connectivity index (χ4n) is 2.73. The number of likely N-dealkylation sites (N-methyl/N-ethyl adjacent to an activating group) is 1. The van der Waals surface area contributed by atoms with Gasteiger partial charge in [0.2, 0.25) is 5.91 Å². The molecule has 0 aromatic heterocycles. The van der Waals surface area contributed by atoms with Crippen LogP contribution in [0.1, 0.15) is 20.3 Å². The second-order valence-corrected chi connectivity index (χ2v) is 8.87. The summed E-state index contributed by atoms with van der Waals surface area (Å²) in [6.07, 6.45) is 1.10. The van der Waals surface area contributed by atoms with Crippen LogP contribution in [-0.2, 0) is 9.53 Å². The predicted molar refractivity (Wildman–Crippen MR) is 111 cm³/mol. The van der Waals surface area contributed by atoms with Crippen LogP contribution in [0.2, 0.25) is 0 Å². The molecule has 2 saturated heterocycles. The molecule has 2 aliphatic rings. The molecule has 0 radical (unpaired) electrons. The Bertz CT molecular complexity index is 440. The summed E-state index contributed by atoms with van der Waals surface area (Å²) >= 11 is 1.99. The van der Waals surface area contributed by atoms with Crippen LogP contribution in [-0.4, -0.2) is 85.7 Å². The molecule has 0 aromatic rings. The van der Waals surface area contributed by atoms with E-state index in [9.17, 15) is 4.79 Å². The monoisotopic (exact) mass is 470 g/mol. The third kappa shape index (κ3) is 6.95. The Balaban J connectivity index is 0.00000288. The molecule has 1 N–H and O–H groups in total. The van der Waals surface area contributed by atoms with Gasteiger partial charge in [0.15, 0.2) is 5.96 Å². The van der Waals surface area contributed by atoms with Crippen LogP contribution in [0.25, 0.3) is 0 Å². The molecule has 6 nitrogen and oxygen atoms in total. The van der Waals surface area contributed by atoms with Crippen LogP contribution < -0.4 is 5.32 Å². The van der Waals surface area contributed by atoms with E-state index in [1.807, 2.05) is 11.8 Å². The Labute approximate surface area is 167 Å². The summed E-state index contributed by atoms with van der Waals surface area (Å²) in [6.45, 7) is 9.16. The fourth-order valence-corrected chi connectivity index (χ4v) is 3.84. The first kappa shape index (κ1) is 21.8. The summed E-state index contributed by atoms with van der Waals surface area (Å²) in [5.41, 5.74) is 0. The van der Waals surface area contributed by atoms with Crippen molar-refractivity contribution < 1.29 is 9.53 Å². The number of ether oxygens (including phenoxy) is 1. The van der Waals surface area contributed by atoms with Crippen molar-refractivity contribution in [2.75, 3.05) is 59.2 Å². The standard InChI is InChI=1S/C16H30N4O2S.HI/c1-16(2)12-20(6-8-23-16)15(18-10-14(21)19(3)4)17-9-13-5-7-22-11-13;/h13H,5-12H2,1-4H3,(H,17,18);1H. The Hall–Kier alpha value is -0.220. The van der Waals surface area contributed by atoms with Crippen molar-refractivity contribution in [3.05, 3.63) is 0 Å². The van der Waals surface area contributed by atoms with Gasteiger partial charge >= 0.3 is 0 Å². The number of aliphatic imine (C=N–C) groups is 1. The van der Waals surface area contributed by atoms with E-state index in [2.05, 4.69) is 29.1 Å². The van der Waals surface area contributed by atoms with E-state index in [-0.39, 0.29) is 41.2 Å². The Kier molecular flexibility index (Phi) is 9.14. The van der Waals surface area contributed by atoms with Crippen molar-refractivity contribution in [2.24, 2.45) is 10.9 Å². The molecule has 2 aliphatic heterocycles. The van der Waals surface area contributed by atoms with Gasteiger partial charge in [0, 0.05) is 56.8 Å². The fraction of sp³-hybridized carbons (Fsp3) is 0.875. The van der Waals surface area contributed by atoms with Gasteiger partial charge in [-0.05, 0) is 20.3 Å². The van der Waals surface area contributed by atoms with E-state index in [4.69, 9.17) is 4.74 Å². The van der Waals surface area contributed by atoms with Gasteiger partial charge in [-0.15, -0.1) is 24.0 Å². The van der Waals surface area contributed by atoms with Crippen molar-refractivity contribution in [2.45, 2.75) is 25.0 Å². The van der Waals surface area contributed by atoms with Crippen molar-refractivity contribution in [1.29, 1.82) is 0 Å². The van der Waals surface area contributed by atoms with Crippen LogP contribution in [0.5, 0.6) is 0 Å². The highest BCUT2D eigenvalue weighted by atomic mass is 127. The molecule has 0 spiro atoms. The smallest absolute Gasteiger partial charge is 0.243 e. The lowest BCUT2D eigenvalue weighted by Crippen LogP contribution is -2.52. The zero-order valence-corrected chi connectivity index (χ0v) is 18.4. The molecule has 0 aliphatic carbocycles. The maximum atomic E-state index is 11.9. The van der Waals surface area contributed by atoms with Gasteiger partial charge in [0.1, 0.15) is 6.54 Å². The molecule has 1 atom stereocenters. The van der Waals surface area contributed by atoms with Crippen LogP contribution >= 0.6 is 35.7 Å². The quantitative estimate of drug-likeness (QED) is 0.384. The summed E-state index contributed by atoms with van der Waals surface area (Å²) in [5.74, 6) is 2.51. The molecular weight excluding hydrogens is 439 g/mol. The third-order valence-corrected chi connectivity index (χ3v) is 5.46. The normalized spacial score (nSPS) is 23.6. The van der Waals surface area contributed by atoms with E-state index < -0.39 is 0 Å². The highest BCUT2D eigenvalue weighted by molar-refractivity contribution is 14.0. The van der Waals surface area contributed by atoms with Crippen LogP contribution in [0.15, 0.2) is 4.99 Å². The molecule has 0 saturated carbocycles. The van der Waals surface area contributed by atoms with Gasteiger partial charge in [-0.1, -0.05) is 0 Å². The molecule has 1 unspecified atom stereocenters. The molecule has 2 heterocycles. The number of nitrogens with zero attached hydrogens (tertiary/aromatic N) is 3.